The van der Waals surface area contributed by atoms with Crippen molar-refractivity contribution in [2.24, 2.45) is 0 Å². The summed E-state index contributed by atoms with van der Waals surface area (Å²) < 4.78 is 0. The van der Waals surface area contributed by atoms with Crippen LogP contribution in [0.15, 0.2) is 42.5 Å². The van der Waals surface area contributed by atoms with Gasteiger partial charge in [-0.2, -0.15) is 0 Å². The van der Waals surface area contributed by atoms with Crippen LogP contribution in [-0.2, 0) is 0 Å². The van der Waals surface area contributed by atoms with Gasteiger partial charge in [0.2, 0.25) is 0 Å². The van der Waals surface area contributed by atoms with Crippen LogP contribution in [-0.4, -0.2) is 23.3 Å². The summed E-state index contributed by atoms with van der Waals surface area (Å²) in [6, 6.07) is 11.6. The predicted octanol–water partition coefficient (Wildman–Crippen LogP) is 3.52. The first-order chi connectivity index (χ1) is 11.1. The standard InChI is InChI=1S/C17H18ClN3O2/c1-2-3-10-19-16(22)14-8-5-9-15(21-14)17(23)20-13-7-4-6-12(18)11-13/h4-9,11H,2-3,10H2,1H3,(H,19,22)(H,20,23). The lowest BCUT2D eigenvalue weighted by atomic mass is 10.2. The lowest BCUT2D eigenvalue weighted by Gasteiger charge is -2.07. The number of pyridine rings is 1. The fraction of sp³-hybridized carbons (Fsp3) is 0.235. The Morgan fingerprint density at radius 2 is 1.78 bits per heavy atom. The van der Waals surface area contributed by atoms with Crippen molar-refractivity contribution in [2.75, 3.05) is 11.9 Å². The molecular formula is C17H18ClN3O2. The van der Waals surface area contributed by atoms with E-state index in [9.17, 15) is 9.59 Å². The van der Waals surface area contributed by atoms with Gasteiger partial charge < -0.3 is 10.6 Å². The number of benzene rings is 1. The maximum atomic E-state index is 12.2. The third-order valence-corrected chi connectivity index (χ3v) is 3.35. The largest absolute Gasteiger partial charge is 0.351 e. The zero-order valence-corrected chi connectivity index (χ0v) is 13.6. The molecular weight excluding hydrogens is 314 g/mol. The molecule has 120 valence electrons. The van der Waals surface area contributed by atoms with E-state index in [4.69, 9.17) is 11.6 Å². The van der Waals surface area contributed by atoms with Gasteiger partial charge >= 0.3 is 0 Å². The van der Waals surface area contributed by atoms with E-state index in [2.05, 4.69) is 15.6 Å². The van der Waals surface area contributed by atoms with Gasteiger partial charge in [0.05, 0.1) is 0 Å². The molecule has 0 spiro atoms. The second kappa shape index (κ2) is 8.29. The Morgan fingerprint density at radius 3 is 2.48 bits per heavy atom. The molecule has 0 fully saturated rings. The van der Waals surface area contributed by atoms with E-state index in [1.165, 1.54) is 0 Å². The van der Waals surface area contributed by atoms with Gasteiger partial charge in [0, 0.05) is 17.3 Å². The van der Waals surface area contributed by atoms with Crippen LogP contribution in [0.2, 0.25) is 5.02 Å². The van der Waals surface area contributed by atoms with E-state index in [1.54, 1.807) is 42.5 Å². The summed E-state index contributed by atoms with van der Waals surface area (Å²) in [5, 5.41) is 6.00. The lowest BCUT2D eigenvalue weighted by Crippen LogP contribution is -2.26. The molecule has 0 unspecified atom stereocenters. The molecule has 0 aliphatic rings. The number of nitrogens with zero attached hydrogens (tertiary/aromatic N) is 1. The number of anilines is 1. The second-order valence-electron chi connectivity index (χ2n) is 4.98. The SMILES string of the molecule is CCCCNC(=O)c1cccc(C(=O)Nc2cccc(Cl)c2)n1. The Labute approximate surface area is 140 Å². The molecule has 1 aromatic carbocycles. The van der Waals surface area contributed by atoms with E-state index >= 15 is 0 Å². The van der Waals surface area contributed by atoms with Crippen molar-refractivity contribution in [1.29, 1.82) is 0 Å². The minimum absolute atomic E-state index is 0.174. The van der Waals surface area contributed by atoms with Gasteiger partial charge in [-0.1, -0.05) is 37.1 Å². The molecule has 23 heavy (non-hydrogen) atoms. The Bertz CT molecular complexity index is 704. The highest BCUT2D eigenvalue weighted by atomic mass is 35.5. The number of halogens is 1. The second-order valence-corrected chi connectivity index (χ2v) is 5.42. The van der Waals surface area contributed by atoms with Crippen molar-refractivity contribution in [1.82, 2.24) is 10.3 Å². The summed E-state index contributed by atoms with van der Waals surface area (Å²) in [6.07, 6.45) is 1.90. The highest BCUT2D eigenvalue weighted by Crippen LogP contribution is 2.15. The van der Waals surface area contributed by atoms with E-state index in [1.807, 2.05) is 6.92 Å². The van der Waals surface area contributed by atoms with Crippen LogP contribution in [0.4, 0.5) is 5.69 Å². The first kappa shape index (κ1) is 17.0. The third-order valence-electron chi connectivity index (χ3n) is 3.11. The third kappa shape index (κ3) is 5.07. The fourth-order valence-corrected chi connectivity index (χ4v) is 2.11. The topological polar surface area (TPSA) is 71.1 Å². The van der Waals surface area contributed by atoms with Crippen LogP contribution in [0, 0.1) is 0 Å². The van der Waals surface area contributed by atoms with E-state index in [-0.39, 0.29) is 17.3 Å². The molecule has 1 aromatic heterocycles. The zero-order valence-electron chi connectivity index (χ0n) is 12.8. The first-order valence-corrected chi connectivity index (χ1v) is 7.80. The minimum Gasteiger partial charge on any atom is -0.351 e. The average molecular weight is 332 g/mol. The predicted molar refractivity (Wildman–Crippen MR) is 90.9 cm³/mol. The summed E-state index contributed by atoms with van der Waals surface area (Å²) in [4.78, 5) is 28.3. The molecule has 6 heteroatoms. The molecule has 0 aliphatic heterocycles. The smallest absolute Gasteiger partial charge is 0.274 e. The van der Waals surface area contributed by atoms with Gasteiger partial charge in [0.25, 0.3) is 11.8 Å². The molecule has 0 atom stereocenters. The number of unbranched alkanes of at least 4 members (excludes halogenated alkanes) is 1. The summed E-state index contributed by atoms with van der Waals surface area (Å²) >= 11 is 5.88. The fourth-order valence-electron chi connectivity index (χ4n) is 1.92. The average Bonchev–Trinajstić information content (AvgIpc) is 2.55. The van der Waals surface area contributed by atoms with Crippen LogP contribution in [0.3, 0.4) is 0 Å². The molecule has 0 aliphatic carbocycles. The maximum absolute atomic E-state index is 12.2. The van der Waals surface area contributed by atoms with Crippen molar-refractivity contribution >= 4 is 29.1 Å². The van der Waals surface area contributed by atoms with Crippen molar-refractivity contribution in [3.8, 4) is 0 Å². The molecule has 2 N–H and O–H groups in total. The molecule has 5 nitrogen and oxygen atoms in total. The summed E-state index contributed by atoms with van der Waals surface area (Å²) in [5.41, 5.74) is 0.968. The van der Waals surface area contributed by atoms with Gasteiger partial charge in [-0.25, -0.2) is 4.98 Å². The number of hydrogen-bond donors (Lipinski definition) is 2. The van der Waals surface area contributed by atoms with Crippen molar-refractivity contribution in [3.05, 3.63) is 58.9 Å². The van der Waals surface area contributed by atoms with Crippen LogP contribution in [0.25, 0.3) is 0 Å². The molecule has 2 amide bonds. The highest BCUT2D eigenvalue weighted by molar-refractivity contribution is 6.30. The molecule has 0 bridgehead atoms. The number of carbonyl (C=O) groups excluding carboxylic acids is 2. The molecule has 0 radical (unpaired) electrons. The maximum Gasteiger partial charge on any atom is 0.274 e. The number of carbonyl (C=O) groups is 2. The van der Waals surface area contributed by atoms with Gasteiger partial charge in [-0.05, 0) is 36.8 Å². The van der Waals surface area contributed by atoms with E-state index in [0.717, 1.165) is 12.8 Å². The lowest BCUT2D eigenvalue weighted by molar-refractivity contribution is 0.0948. The molecule has 1 heterocycles. The number of rotatable bonds is 6. The van der Waals surface area contributed by atoms with Crippen molar-refractivity contribution < 1.29 is 9.59 Å². The van der Waals surface area contributed by atoms with Gasteiger partial charge in [-0.15, -0.1) is 0 Å². The molecule has 0 saturated heterocycles. The van der Waals surface area contributed by atoms with Gasteiger partial charge in [0.15, 0.2) is 0 Å². The number of nitrogens with one attached hydrogen (secondary N) is 2. The molecule has 0 saturated carbocycles. The Hall–Kier alpha value is -2.40. The van der Waals surface area contributed by atoms with Gasteiger partial charge in [0.1, 0.15) is 11.4 Å². The van der Waals surface area contributed by atoms with E-state index < -0.39 is 5.91 Å². The summed E-state index contributed by atoms with van der Waals surface area (Å²) in [6.45, 7) is 2.64. The molecule has 2 rings (SSSR count). The number of aromatic nitrogens is 1. The van der Waals surface area contributed by atoms with E-state index in [0.29, 0.717) is 17.3 Å². The Morgan fingerprint density at radius 1 is 1.09 bits per heavy atom. The minimum atomic E-state index is -0.393. The van der Waals surface area contributed by atoms with Gasteiger partial charge in [-0.3, -0.25) is 9.59 Å². The van der Waals surface area contributed by atoms with Crippen LogP contribution < -0.4 is 10.6 Å². The zero-order chi connectivity index (χ0) is 16.7. The highest BCUT2D eigenvalue weighted by Gasteiger charge is 2.12. The quantitative estimate of drug-likeness (QED) is 0.796. The first-order valence-electron chi connectivity index (χ1n) is 7.42. The van der Waals surface area contributed by atoms with Crippen molar-refractivity contribution in [3.63, 3.8) is 0 Å². The summed E-state index contributed by atoms with van der Waals surface area (Å²) in [5.74, 6) is -0.675. The monoisotopic (exact) mass is 331 g/mol. The Kier molecular flexibility index (Phi) is 6.11. The number of hydrogen-bond acceptors (Lipinski definition) is 3. The normalized spacial score (nSPS) is 10.2. The Balaban J connectivity index is 2.06. The molecule has 2 aromatic rings. The van der Waals surface area contributed by atoms with Crippen LogP contribution in [0.5, 0.6) is 0 Å². The van der Waals surface area contributed by atoms with Crippen molar-refractivity contribution in [2.45, 2.75) is 19.8 Å². The van der Waals surface area contributed by atoms with Crippen LogP contribution in [0.1, 0.15) is 40.7 Å². The number of amides is 2. The van der Waals surface area contributed by atoms with Crippen LogP contribution >= 0.6 is 11.6 Å². The summed E-state index contributed by atoms with van der Waals surface area (Å²) in [7, 11) is 0.